The van der Waals surface area contributed by atoms with Crippen LogP contribution in [-0.4, -0.2) is 88.7 Å². The Bertz CT molecular complexity index is 1090. The number of aromatic nitrogens is 2. The highest BCUT2D eigenvalue weighted by Gasteiger charge is 2.36. The molecule has 0 aliphatic carbocycles. The number of halogens is 3. The predicted octanol–water partition coefficient (Wildman–Crippen LogP) is 3.39. The van der Waals surface area contributed by atoms with Gasteiger partial charge in [0.05, 0.1) is 17.8 Å². The number of alkyl halides is 3. The first kappa shape index (κ1) is 26.0. The first-order chi connectivity index (χ1) is 17.0. The monoisotopic (exact) mass is 509 g/mol. The first-order valence-electron chi connectivity index (χ1n) is 11.9. The number of anilines is 1. The zero-order valence-electron chi connectivity index (χ0n) is 20.2. The lowest BCUT2D eigenvalue weighted by atomic mass is 10.1. The van der Waals surface area contributed by atoms with Crippen molar-refractivity contribution in [1.82, 2.24) is 19.6 Å². The van der Waals surface area contributed by atoms with E-state index >= 15 is 0 Å². The fraction of sp³-hybridized carbons (Fsp3) is 0.542. The van der Waals surface area contributed by atoms with Crippen LogP contribution in [0.25, 0.3) is 0 Å². The fourth-order valence-corrected chi connectivity index (χ4v) is 4.68. The summed E-state index contributed by atoms with van der Waals surface area (Å²) in [7, 11) is 1.59. The molecular formula is C24H30F3N5O4. The molecule has 4 rings (SSSR count). The molecule has 1 aromatic carbocycles. The number of morpholine rings is 1. The summed E-state index contributed by atoms with van der Waals surface area (Å²) in [5, 5.41) is 12.8. The Morgan fingerprint density at radius 1 is 1.17 bits per heavy atom. The first-order valence-corrected chi connectivity index (χ1v) is 11.9. The van der Waals surface area contributed by atoms with Crippen LogP contribution < -0.4 is 4.90 Å². The molecule has 2 unspecified atom stereocenters. The van der Waals surface area contributed by atoms with Crippen LogP contribution >= 0.6 is 0 Å². The SMILES string of the molecule is CCN(CCN(C)C(=O)n1ccc(C(=O)O)n1)Cc1ccc(C(F)(F)F)cc1N1CC2CCC(C1)O2. The smallest absolute Gasteiger partial charge is 0.416 e. The topological polar surface area (TPSA) is 91.1 Å². The van der Waals surface area contributed by atoms with E-state index in [0.29, 0.717) is 45.0 Å². The third-order valence-corrected chi connectivity index (χ3v) is 6.72. The van der Waals surface area contributed by atoms with Gasteiger partial charge in [-0.15, -0.1) is 0 Å². The maximum atomic E-state index is 13.5. The highest BCUT2D eigenvalue weighted by atomic mass is 19.4. The Balaban J connectivity index is 1.46. The fourth-order valence-electron chi connectivity index (χ4n) is 4.68. The van der Waals surface area contributed by atoms with Gasteiger partial charge in [0.25, 0.3) is 0 Å². The van der Waals surface area contributed by atoms with Gasteiger partial charge in [0.15, 0.2) is 5.69 Å². The van der Waals surface area contributed by atoms with Gasteiger partial charge in [0.1, 0.15) is 0 Å². The molecule has 0 spiro atoms. The minimum absolute atomic E-state index is 0.0389. The molecule has 3 heterocycles. The van der Waals surface area contributed by atoms with Gasteiger partial charge < -0.3 is 19.6 Å². The van der Waals surface area contributed by atoms with Crippen molar-refractivity contribution in [2.45, 2.75) is 44.7 Å². The second-order valence-electron chi connectivity index (χ2n) is 9.23. The molecule has 196 valence electrons. The van der Waals surface area contributed by atoms with Gasteiger partial charge in [-0.1, -0.05) is 13.0 Å². The Morgan fingerprint density at radius 2 is 1.86 bits per heavy atom. The number of carboxylic acid groups (broad SMARTS) is 1. The average molecular weight is 510 g/mol. The average Bonchev–Trinajstić information content (AvgIpc) is 3.47. The van der Waals surface area contributed by atoms with Crippen molar-refractivity contribution in [3.63, 3.8) is 0 Å². The molecule has 0 radical (unpaired) electrons. The number of rotatable bonds is 8. The lowest BCUT2D eigenvalue weighted by Crippen LogP contribution is -2.43. The highest BCUT2D eigenvalue weighted by Crippen LogP contribution is 2.37. The number of hydrogen-bond donors (Lipinski definition) is 1. The largest absolute Gasteiger partial charge is 0.476 e. The Hall–Kier alpha value is -3.12. The molecule has 2 aromatic rings. The van der Waals surface area contributed by atoms with E-state index in [1.165, 1.54) is 23.2 Å². The second kappa shape index (κ2) is 10.5. The van der Waals surface area contributed by atoms with Gasteiger partial charge in [-0.25, -0.2) is 9.59 Å². The summed E-state index contributed by atoms with van der Waals surface area (Å²) in [5.74, 6) is -1.22. The molecule has 1 amide bonds. The zero-order valence-corrected chi connectivity index (χ0v) is 20.2. The molecule has 12 heteroatoms. The number of likely N-dealkylation sites (N-methyl/N-ethyl adjacent to an activating group) is 2. The van der Waals surface area contributed by atoms with E-state index in [2.05, 4.69) is 10.00 Å². The van der Waals surface area contributed by atoms with E-state index in [-0.39, 0.29) is 17.9 Å². The van der Waals surface area contributed by atoms with Crippen LogP contribution in [0.15, 0.2) is 30.5 Å². The van der Waals surface area contributed by atoms with Gasteiger partial charge in [-0.3, -0.25) is 4.90 Å². The van der Waals surface area contributed by atoms with Crippen LogP contribution in [0.4, 0.5) is 23.7 Å². The van der Waals surface area contributed by atoms with Crippen molar-refractivity contribution >= 4 is 17.7 Å². The van der Waals surface area contributed by atoms with Crippen molar-refractivity contribution in [3.8, 4) is 0 Å². The number of carboxylic acids is 1. The summed E-state index contributed by atoms with van der Waals surface area (Å²) in [6, 6.07) is 4.68. The van der Waals surface area contributed by atoms with Crippen molar-refractivity contribution in [2.24, 2.45) is 0 Å². The summed E-state index contributed by atoms with van der Waals surface area (Å²) in [5.41, 5.74) is 0.468. The number of nitrogens with zero attached hydrogens (tertiary/aromatic N) is 5. The maximum Gasteiger partial charge on any atom is 0.416 e. The molecule has 1 N–H and O–H groups in total. The van der Waals surface area contributed by atoms with Gasteiger partial charge >= 0.3 is 18.2 Å². The number of carbonyl (C=O) groups is 2. The number of carbonyl (C=O) groups excluding carboxylic acids is 1. The lowest BCUT2D eigenvalue weighted by molar-refractivity contribution is -0.137. The molecule has 0 saturated carbocycles. The summed E-state index contributed by atoms with van der Waals surface area (Å²) in [4.78, 5) is 29.1. The zero-order chi connectivity index (χ0) is 26.0. The summed E-state index contributed by atoms with van der Waals surface area (Å²) in [6.07, 6.45) is -1.22. The number of ether oxygens (including phenoxy) is 1. The molecule has 2 atom stereocenters. The van der Waals surface area contributed by atoms with E-state index < -0.39 is 23.7 Å². The third-order valence-electron chi connectivity index (χ3n) is 6.72. The van der Waals surface area contributed by atoms with E-state index in [0.717, 1.165) is 29.2 Å². The van der Waals surface area contributed by atoms with Crippen molar-refractivity contribution in [2.75, 3.05) is 44.7 Å². The third kappa shape index (κ3) is 5.81. The summed E-state index contributed by atoms with van der Waals surface area (Å²) >= 11 is 0. The van der Waals surface area contributed by atoms with Gasteiger partial charge in [0, 0.05) is 51.7 Å². The van der Waals surface area contributed by atoms with Gasteiger partial charge in [0.2, 0.25) is 0 Å². The predicted molar refractivity (Wildman–Crippen MR) is 125 cm³/mol. The molecule has 9 nitrogen and oxygen atoms in total. The number of benzene rings is 1. The maximum absolute atomic E-state index is 13.5. The van der Waals surface area contributed by atoms with Crippen LogP contribution in [0.5, 0.6) is 0 Å². The molecule has 2 saturated heterocycles. The van der Waals surface area contributed by atoms with E-state index in [4.69, 9.17) is 9.84 Å². The summed E-state index contributed by atoms with van der Waals surface area (Å²) in [6.45, 7) is 4.93. The molecule has 2 bridgehead atoms. The van der Waals surface area contributed by atoms with Crippen LogP contribution in [-0.2, 0) is 17.5 Å². The van der Waals surface area contributed by atoms with Crippen LogP contribution in [0.3, 0.4) is 0 Å². The minimum atomic E-state index is -4.43. The number of aromatic carboxylic acids is 1. The van der Waals surface area contributed by atoms with Crippen LogP contribution in [0.1, 0.15) is 41.4 Å². The minimum Gasteiger partial charge on any atom is -0.476 e. The van der Waals surface area contributed by atoms with Gasteiger partial charge in [-0.2, -0.15) is 23.0 Å². The molecule has 2 aliphatic rings. The molecular weight excluding hydrogens is 479 g/mol. The van der Waals surface area contributed by atoms with Crippen molar-refractivity contribution < 1.29 is 32.6 Å². The Kier molecular flexibility index (Phi) is 7.55. The Morgan fingerprint density at radius 3 is 2.44 bits per heavy atom. The van der Waals surface area contributed by atoms with E-state index in [9.17, 15) is 22.8 Å². The van der Waals surface area contributed by atoms with Gasteiger partial charge in [-0.05, 0) is 43.1 Å². The lowest BCUT2D eigenvalue weighted by Gasteiger charge is -2.36. The standard InChI is InChI=1S/C24H30F3N5O4/c1-3-30(11-10-29(2)23(35)32-9-8-20(28-32)22(33)34)13-16-4-5-17(24(25,26)27)12-21(16)31-14-18-6-7-19(15-31)36-18/h4-5,8-9,12,18-19H,3,6-7,10-11,13-15H2,1-2H3,(H,33,34). The molecule has 2 fully saturated rings. The second-order valence-corrected chi connectivity index (χ2v) is 9.23. The molecule has 36 heavy (non-hydrogen) atoms. The molecule has 2 aliphatic heterocycles. The number of hydrogen-bond acceptors (Lipinski definition) is 6. The van der Waals surface area contributed by atoms with Crippen LogP contribution in [0.2, 0.25) is 0 Å². The van der Waals surface area contributed by atoms with E-state index in [1.807, 2.05) is 11.8 Å². The highest BCUT2D eigenvalue weighted by molar-refractivity contribution is 5.86. The normalized spacial score (nSPS) is 19.7. The molecule has 1 aromatic heterocycles. The number of amides is 1. The van der Waals surface area contributed by atoms with Crippen LogP contribution in [0, 0.1) is 0 Å². The quantitative estimate of drug-likeness (QED) is 0.583. The van der Waals surface area contributed by atoms with Crippen molar-refractivity contribution in [3.05, 3.63) is 47.3 Å². The van der Waals surface area contributed by atoms with E-state index in [1.54, 1.807) is 13.1 Å². The summed E-state index contributed by atoms with van der Waals surface area (Å²) < 4.78 is 47.4. The van der Waals surface area contributed by atoms with Crippen molar-refractivity contribution in [1.29, 1.82) is 0 Å². The number of fused-ring (bicyclic) bond motifs is 2. The Labute approximate surface area is 207 Å².